The van der Waals surface area contributed by atoms with E-state index in [-0.39, 0.29) is 4.90 Å². The molecule has 0 aromatic heterocycles. The Morgan fingerprint density at radius 2 is 0.750 bits per heavy atom. The Morgan fingerprint density at radius 3 is 0.983 bits per heavy atom. The van der Waals surface area contributed by atoms with Crippen LogP contribution in [0, 0.1) is 0 Å². The van der Waals surface area contributed by atoms with Crippen molar-refractivity contribution in [2.24, 2.45) is 0 Å². The number of ether oxygens (including phenoxy) is 3. The van der Waals surface area contributed by atoms with E-state index in [0.717, 1.165) is 35.4 Å². The van der Waals surface area contributed by atoms with Crippen LogP contribution < -0.4 is 14.2 Å². The van der Waals surface area contributed by atoms with E-state index in [0.29, 0.717) is 11.9 Å². The minimum Gasteiger partial charge on any atom is -0.497 e. The molecule has 60 heavy (non-hydrogen) atoms. The number of hydrogen-bond donors (Lipinski definition) is 3. The van der Waals surface area contributed by atoms with Crippen LogP contribution in [0.25, 0.3) is 0 Å². The first-order valence-corrected chi connectivity index (χ1v) is 16.4. The van der Waals surface area contributed by atoms with Gasteiger partial charge in [-0.3, -0.25) is 0 Å². The molecule has 3 saturated carbocycles. The average molecular weight is 893 g/mol. The number of likely N-dealkylation sites (N-methyl/N-ethyl adjacent to an activating group) is 3. The van der Waals surface area contributed by atoms with E-state index in [4.69, 9.17) is 92.3 Å². The van der Waals surface area contributed by atoms with Crippen LogP contribution in [0.5, 0.6) is 17.2 Å². The third kappa shape index (κ3) is 14.5. The molecule has 9 heteroatoms. The maximum Gasteiger partial charge on any atom is 0.118 e. The van der Waals surface area contributed by atoms with Gasteiger partial charge >= 0.3 is 0 Å². The number of nitrogens with zero attached hydrogens (tertiary/aromatic N) is 3. The summed E-state index contributed by atoms with van der Waals surface area (Å²) < 4.78 is 511. The molecule has 3 aliphatic carbocycles. The molecule has 6 rings (SSSR count). The van der Waals surface area contributed by atoms with Gasteiger partial charge in [-0.05, 0) is 133 Å². The summed E-state index contributed by atoms with van der Waals surface area (Å²) in [6.07, 6.45) is -65.4. The molecule has 0 radical (unpaired) electrons. The SMILES string of the molecule is [2H]c1c([2H])c(C([2H])(C([2H])([2H])N(C([2H])([2H])[2H])C([2H])([2H])[2H])C2(O)C([2H])([2H])C([2H])([2H])C([2H])([2H])C([2H])([2H])C2([2H])[2H])c([2H])c([2H])c1OC.[2H]c1c([2H])c(C([2H])(C([2H])([2H])N(C)C([2H])([2H])[2H])C2(O)C([2H])([2H])C([2H])([2H])C([2H])([2H])C([2H])([2H])C2([2H])[2H])c([2H])c([2H])c1OC.[2H]c1c([2H])c(C([2H])(C([2H])([2H])N(C)C)C2(O)C([2H])([2H])C([2H])([2H])C([2H])([2H])C([2H])([2H])C2([2H])[2H])c([2H])c([2H])c1OC. The van der Waals surface area contributed by atoms with Crippen molar-refractivity contribution in [3.63, 3.8) is 0 Å². The Morgan fingerprint density at radius 1 is 0.500 bits per heavy atom. The maximum atomic E-state index is 12.1. The fourth-order valence-electron chi connectivity index (χ4n) is 4.33. The zero-order chi connectivity index (χ0) is 96.7. The second-order valence-corrected chi connectivity index (χ2v) is 11.5. The van der Waals surface area contributed by atoms with E-state index < -0.39 is 282 Å². The first kappa shape index (κ1) is 12.3. The van der Waals surface area contributed by atoms with Crippen molar-refractivity contribution >= 4 is 0 Å². The Bertz CT molecular complexity index is 4260. The van der Waals surface area contributed by atoms with Crippen LogP contribution in [0.4, 0.5) is 0 Å². The van der Waals surface area contributed by atoms with E-state index in [2.05, 4.69) is 0 Å². The lowest BCUT2D eigenvalue weighted by molar-refractivity contribution is -0.0280. The van der Waals surface area contributed by atoms with Crippen LogP contribution in [-0.4, -0.2) is 130 Å². The monoisotopic (exact) mass is 892 g/mol. The van der Waals surface area contributed by atoms with Gasteiger partial charge in [-0.15, -0.1) is 0 Å². The zero-order valence-corrected chi connectivity index (χ0v) is 32.4. The molecule has 0 bridgehead atoms. The van der Waals surface area contributed by atoms with E-state index in [1.54, 1.807) is 0 Å². The molecule has 3 fully saturated rings. The van der Waals surface area contributed by atoms with Crippen LogP contribution in [0.3, 0.4) is 0 Å². The Balaban J connectivity index is 0.000000379. The van der Waals surface area contributed by atoms with Crippen LogP contribution in [0.2, 0.25) is 0 Å². The van der Waals surface area contributed by atoms with Crippen LogP contribution in [0.15, 0.2) is 72.5 Å². The Hall–Kier alpha value is -3.18. The summed E-state index contributed by atoms with van der Waals surface area (Å²) in [5.41, 5.74) is -19.5. The lowest BCUT2D eigenvalue weighted by Gasteiger charge is -2.40. The largest absolute Gasteiger partial charge is 0.497 e. The molecule has 3 unspecified atom stereocenters. The Kier molecular flexibility index (Phi) is 4.91. The second kappa shape index (κ2) is 23.9. The third-order valence-corrected chi connectivity index (χ3v) is 6.93. The lowest BCUT2D eigenvalue weighted by Crippen LogP contribution is -2.42. The highest BCUT2D eigenvalue weighted by molar-refractivity contribution is 5.33. The molecule has 0 saturated heterocycles. The summed E-state index contributed by atoms with van der Waals surface area (Å²) in [7, 11) is 5.10. The summed E-state index contributed by atoms with van der Waals surface area (Å²) in [6.45, 7) is -24.6. The normalized spacial score (nSPS) is 50.0. The molecule has 0 heterocycles. The molecule has 0 amide bonds. The molecule has 3 aromatic carbocycles. The molecule has 0 spiro atoms. The van der Waals surface area contributed by atoms with Crippen molar-refractivity contribution in [1.82, 2.24) is 14.7 Å². The average Bonchev–Trinajstić information content (AvgIpc) is 0.648. The topological polar surface area (TPSA) is 98.1 Å². The summed E-state index contributed by atoms with van der Waals surface area (Å²) in [5.74, 6) is -15.9. The van der Waals surface area contributed by atoms with E-state index >= 15 is 0 Å². The van der Waals surface area contributed by atoms with Crippen molar-refractivity contribution in [2.75, 3.05) is 82.9 Å². The third-order valence-electron chi connectivity index (χ3n) is 6.93. The molecule has 3 aliphatic rings. The second-order valence-electron chi connectivity index (χ2n) is 11.5. The van der Waals surface area contributed by atoms with Gasteiger partial charge in [0.1, 0.15) is 17.2 Å². The molecule has 3 aromatic rings. The molecule has 336 valence electrons. The predicted molar refractivity (Wildman–Crippen MR) is 247 cm³/mol. The highest BCUT2D eigenvalue weighted by atomic mass is 16.5. The van der Waals surface area contributed by atoms with Gasteiger partial charge in [0.2, 0.25) is 0 Å². The highest BCUT2D eigenvalue weighted by Crippen LogP contribution is 2.43. The fourth-order valence-corrected chi connectivity index (χ4v) is 4.33. The molecular weight excluding hydrogens is 751 g/mol. The summed E-state index contributed by atoms with van der Waals surface area (Å²) in [5, 5.41) is 36.2. The predicted octanol–water partition coefficient (Wildman–Crippen LogP) is 9.11. The van der Waals surface area contributed by atoms with Crippen molar-refractivity contribution in [3.8, 4) is 17.2 Å². The zero-order valence-electron chi connectivity index (χ0n) is 92.4. The van der Waals surface area contributed by atoms with Crippen LogP contribution >= 0.6 is 0 Å². The molecule has 3 N–H and O–H groups in total. The summed E-state index contributed by atoms with van der Waals surface area (Å²) in [6, 6.07) is -15.7. The number of benzene rings is 3. The van der Waals surface area contributed by atoms with Gasteiger partial charge in [0, 0.05) is 103 Å². The van der Waals surface area contributed by atoms with E-state index in [1.807, 2.05) is 0 Å². The molecule has 9 nitrogen and oxygen atoms in total. The summed E-state index contributed by atoms with van der Waals surface area (Å²) in [4.78, 5) is -0.911. The molecular formula is C51H81N3O6. The van der Waals surface area contributed by atoms with Crippen molar-refractivity contribution < 1.29 is 112 Å². The highest BCUT2D eigenvalue weighted by Gasteiger charge is 2.41. The van der Waals surface area contributed by atoms with Gasteiger partial charge in [-0.25, -0.2) is 0 Å². The van der Waals surface area contributed by atoms with Gasteiger partial charge in [0.25, 0.3) is 0 Å². The number of rotatable bonds is 15. The quantitative estimate of drug-likeness (QED) is 0.138. The fraction of sp³-hybridized carbons (Fsp3) is 0.647. The molecule has 0 aliphatic heterocycles. The van der Waals surface area contributed by atoms with E-state index in [9.17, 15) is 19.4 Å². The number of methoxy groups -OCH3 is 3. The number of aliphatic hydroxyl groups is 3. The van der Waals surface area contributed by atoms with Gasteiger partial charge in [-0.1, -0.05) is 93.6 Å². The van der Waals surface area contributed by atoms with Crippen molar-refractivity contribution in [2.45, 2.75) is 130 Å². The molecule has 3 atom stereocenters. The Labute approximate surface area is 448 Å². The minimum atomic E-state index is -5.11. The number of hydrogen-bond acceptors (Lipinski definition) is 9. The first-order valence-electron chi connectivity index (χ1n) is 46.4. The van der Waals surface area contributed by atoms with Crippen LogP contribution in [-0.2, 0) is 0 Å². The lowest BCUT2D eigenvalue weighted by atomic mass is 9.72. The first-order chi connectivity index (χ1) is 52.1. The summed E-state index contributed by atoms with van der Waals surface area (Å²) >= 11 is 0. The van der Waals surface area contributed by atoms with Gasteiger partial charge in [-0.2, -0.15) is 0 Å². The standard InChI is InChI=1S/3C17H27NO2/c3*1-18(2)13-16(17(19)11-5-4-6-12-17)14-7-9-15(20-3)10-8-14/h3*7-10,16,19H,4-6,11-13H2,1-3H3/i1D3,2D3,4D2,5D2,6D2,7D,8D,9D,10D,11D2,12D2,13D2,16D;1D3,4D2,5D2,6D2,7D,8D,9D,10D,11D2,12D2,13D2,16D;4D2,5D2,6D2,7D,8D,9D,10D,11D2,12D2,13D2,16D. The van der Waals surface area contributed by atoms with Crippen LogP contribution in [0.1, 0.15) is 212 Å². The minimum absolute atomic E-state index is 0.304. The van der Waals surface area contributed by atoms with Crippen molar-refractivity contribution in [3.05, 3.63) is 89.2 Å². The van der Waals surface area contributed by atoms with Gasteiger partial charge in [0.05, 0.1) is 54.6 Å². The maximum absolute atomic E-state index is 12.1. The van der Waals surface area contributed by atoms with Gasteiger partial charge in [0.15, 0.2) is 0 Å². The smallest absolute Gasteiger partial charge is 0.118 e. The van der Waals surface area contributed by atoms with Crippen molar-refractivity contribution in [1.29, 1.82) is 0 Å². The van der Waals surface area contributed by atoms with Gasteiger partial charge < -0.3 is 44.2 Å². The van der Waals surface area contributed by atoms with E-state index in [1.165, 1.54) is 0 Å².